The maximum Gasteiger partial charge on any atom is 0.246 e. The summed E-state index contributed by atoms with van der Waals surface area (Å²) in [5.74, 6) is -0.957. The van der Waals surface area contributed by atoms with Crippen LogP contribution in [0.3, 0.4) is 0 Å². The average Bonchev–Trinajstić information content (AvgIpc) is 2.24. The summed E-state index contributed by atoms with van der Waals surface area (Å²) in [7, 11) is -3.88. The van der Waals surface area contributed by atoms with Gasteiger partial charge in [0.05, 0.1) is 5.69 Å². The van der Waals surface area contributed by atoms with E-state index in [2.05, 4.69) is 0 Å². The number of nitrogens with zero attached hydrogens (tertiary/aromatic N) is 1. The number of halogens is 2. The molecule has 1 rings (SSSR count). The van der Waals surface area contributed by atoms with Crippen LogP contribution in [0.25, 0.3) is 0 Å². The Morgan fingerprint density at radius 2 is 1.88 bits per heavy atom. The molecular formula is C10H14ClFN2O2S. The molecule has 0 atom stereocenters. The first kappa shape index (κ1) is 14.2. The lowest BCUT2D eigenvalue weighted by atomic mass is 10.3. The van der Waals surface area contributed by atoms with Crippen molar-refractivity contribution in [3.63, 3.8) is 0 Å². The third kappa shape index (κ3) is 2.70. The van der Waals surface area contributed by atoms with E-state index in [1.54, 1.807) is 13.8 Å². The van der Waals surface area contributed by atoms with Crippen molar-refractivity contribution in [2.24, 2.45) is 0 Å². The molecule has 0 heterocycles. The van der Waals surface area contributed by atoms with Crippen molar-refractivity contribution < 1.29 is 12.8 Å². The first-order valence-corrected chi connectivity index (χ1v) is 6.91. The molecule has 0 aromatic heterocycles. The lowest BCUT2D eigenvalue weighted by molar-refractivity contribution is 0.440. The van der Waals surface area contributed by atoms with Gasteiger partial charge in [0, 0.05) is 18.1 Å². The van der Waals surface area contributed by atoms with Crippen molar-refractivity contribution in [1.82, 2.24) is 4.31 Å². The summed E-state index contributed by atoms with van der Waals surface area (Å²) in [5.41, 5.74) is 5.08. The van der Waals surface area contributed by atoms with Crippen LogP contribution in [0.5, 0.6) is 0 Å². The van der Waals surface area contributed by atoms with Gasteiger partial charge in [-0.1, -0.05) is 25.4 Å². The topological polar surface area (TPSA) is 63.4 Å². The van der Waals surface area contributed by atoms with Crippen LogP contribution in [0.2, 0.25) is 5.02 Å². The number of anilines is 1. The van der Waals surface area contributed by atoms with Crippen LogP contribution in [-0.2, 0) is 10.0 Å². The van der Waals surface area contributed by atoms with Gasteiger partial charge >= 0.3 is 0 Å². The van der Waals surface area contributed by atoms with Crippen LogP contribution >= 0.6 is 11.6 Å². The molecule has 0 saturated carbocycles. The fourth-order valence-corrected chi connectivity index (χ4v) is 3.34. The van der Waals surface area contributed by atoms with Crippen molar-refractivity contribution in [3.05, 3.63) is 23.0 Å². The second-order valence-corrected chi connectivity index (χ2v) is 5.74. The molecule has 4 nitrogen and oxygen atoms in total. The molecule has 0 saturated heterocycles. The molecule has 1 aromatic rings. The van der Waals surface area contributed by atoms with Crippen molar-refractivity contribution in [2.45, 2.75) is 18.7 Å². The second-order valence-electron chi connectivity index (χ2n) is 3.40. The normalized spacial score (nSPS) is 12.1. The van der Waals surface area contributed by atoms with Crippen molar-refractivity contribution in [2.75, 3.05) is 18.8 Å². The van der Waals surface area contributed by atoms with Gasteiger partial charge in [-0.2, -0.15) is 4.31 Å². The van der Waals surface area contributed by atoms with E-state index in [9.17, 15) is 12.8 Å². The van der Waals surface area contributed by atoms with Crippen LogP contribution in [0.4, 0.5) is 10.1 Å². The van der Waals surface area contributed by atoms with Gasteiger partial charge in [0.2, 0.25) is 10.0 Å². The van der Waals surface area contributed by atoms with Gasteiger partial charge in [-0.3, -0.25) is 0 Å². The number of hydrogen-bond acceptors (Lipinski definition) is 3. The van der Waals surface area contributed by atoms with E-state index < -0.39 is 20.7 Å². The number of nitrogens with two attached hydrogens (primary N) is 1. The standard InChI is InChI=1S/C10H14ClFN2O2S/c1-3-14(4-2)17(15,16)9-6-7(11)5-8(13)10(9)12/h5-6H,3-4,13H2,1-2H3. The Labute approximate surface area is 105 Å². The largest absolute Gasteiger partial charge is 0.396 e. The smallest absolute Gasteiger partial charge is 0.246 e. The van der Waals surface area contributed by atoms with Crippen LogP contribution < -0.4 is 5.73 Å². The average molecular weight is 281 g/mol. The maximum atomic E-state index is 13.7. The molecule has 2 N–H and O–H groups in total. The van der Waals surface area contributed by atoms with Crippen molar-refractivity contribution in [3.8, 4) is 0 Å². The molecule has 7 heteroatoms. The quantitative estimate of drug-likeness (QED) is 0.859. The predicted molar refractivity (Wildman–Crippen MR) is 65.9 cm³/mol. The number of sulfonamides is 1. The van der Waals surface area contributed by atoms with E-state index in [-0.39, 0.29) is 23.8 Å². The van der Waals surface area contributed by atoms with Gasteiger partial charge < -0.3 is 5.73 Å². The number of rotatable bonds is 4. The highest BCUT2D eigenvalue weighted by molar-refractivity contribution is 7.89. The molecule has 0 bridgehead atoms. The third-order valence-corrected chi connectivity index (χ3v) is 4.62. The second kappa shape index (κ2) is 5.20. The zero-order valence-corrected chi connectivity index (χ0v) is 11.1. The highest BCUT2D eigenvalue weighted by Gasteiger charge is 2.26. The molecular weight excluding hydrogens is 267 g/mol. The molecule has 0 radical (unpaired) electrons. The maximum absolute atomic E-state index is 13.7. The Morgan fingerprint density at radius 1 is 1.35 bits per heavy atom. The fraction of sp³-hybridized carbons (Fsp3) is 0.400. The minimum absolute atomic E-state index is 0.0923. The number of hydrogen-bond donors (Lipinski definition) is 1. The zero-order valence-electron chi connectivity index (χ0n) is 9.57. The summed E-state index contributed by atoms with van der Waals surface area (Å²) >= 11 is 5.69. The molecule has 0 unspecified atom stereocenters. The van der Waals surface area contributed by atoms with Gasteiger partial charge in [0.15, 0.2) is 5.82 Å². The Hall–Kier alpha value is -0.850. The third-order valence-electron chi connectivity index (χ3n) is 2.36. The molecule has 0 fully saturated rings. The first-order chi connectivity index (χ1) is 7.84. The Balaban J connectivity index is 3.43. The van der Waals surface area contributed by atoms with Gasteiger partial charge in [-0.15, -0.1) is 0 Å². The van der Waals surface area contributed by atoms with E-state index in [1.807, 2.05) is 0 Å². The van der Waals surface area contributed by atoms with E-state index in [0.717, 1.165) is 10.4 Å². The Bertz CT molecular complexity index is 515. The Kier molecular flexibility index (Phi) is 4.35. The highest BCUT2D eigenvalue weighted by atomic mass is 35.5. The monoisotopic (exact) mass is 280 g/mol. The predicted octanol–water partition coefficient (Wildman–Crippen LogP) is 2.09. The van der Waals surface area contributed by atoms with E-state index in [0.29, 0.717) is 0 Å². The fourth-order valence-electron chi connectivity index (χ4n) is 1.47. The molecule has 0 aliphatic heterocycles. The molecule has 0 spiro atoms. The van der Waals surface area contributed by atoms with Gasteiger partial charge in [0.1, 0.15) is 4.90 Å². The van der Waals surface area contributed by atoms with Crippen LogP contribution in [0.1, 0.15) is 13.8 Å². The van der Waals surface area contributed by atoms with E-state index in [1.165, 1.54) is 6.07 Å². The highest BCUT2D eigenvalue weighted by Crippen LogP contribution is 2.27. The minimum Gasteiger partial charge on any atom is -0.396 e. The molecule has 0 aliphatic carbocycles. The van der Waals surface area contributed by atoms with Crippen LogP contribution in [0, 0.1) is 5.82 Å². The number of nitrogen functional groups attached to an aromatic ring is 1. The summed E-state index contributed by atoms with van der Waals surface area (Å²) in [5, 5.41) is 0.0923. The molecule has 1 aromatic carbocycles. The van der Waals surface area contributed by atoms with Crippen LogP contribution in [-0.4, -0.2) is 25.8 Å². The summed E-state index contributed by atoms with van der Waals surface area (Å²) in [6, 6.07) is 2.25. The summed E-state index contributed by atoms with van der Waals surface area (Å²) < 4.78 is 39.0. The molecule has 96 valence electrons. The molecule has 0 aliphatic rings. The molecule has 0 amide bonds. The molecule has 17 heavy (non-hydrogen) atoms. The SMILES string of the molecule is CCN(CC)S(=O)(=O)c1cc(Cl)cc(N)c1F. The summed E-state index contributed by atoms with van der Waals surface area (Å²) in [4.78, 5) is -0.480. The minimum atomic E-state index is -3.88. The van der Waals surface area contributed by atoms with E-state index >= 15 is 0 Å². The summed E-state index contributed by atoms with van der Waals surface area (Å²) in [6.07, 6.45) is 0. The van der Waals surface area contributed by atoms with Gasteiger partial charge in [0.25, 0.3) is 0 Å². The zero-order chi connectivity index (χ0) is 13.2. The lowest BCUT2D eigenvalue weighted by Crippen LogP contribution is -2.31. The first-order valence-electron chi connectivity index (χ1n) is 5.09. The van der Waals surface area contributed by atoms with Gasteiger partial charge in [-0.25, -0.2) is 12.8 Å². The lowest BCUT2D eigenvalue weighted by Gasteiger charge is -2.19. The Morgan fingerprint density at radius 3 is 2.35 bits per heavy atom. The summed E-state index contributed by atoms with van der Waals surface area (Å²) in [6.45, 7) is 3.86. The van der Waals surface area contributed by atoms with E-state index in [4.69, 9.17) is 17.3 Å². The van der Waals surface area contributed by atoms with Gasteiger partial charge in [-0.05, 0) is 12.1 Å². The van der Waals surface area contributed by atoms with Crippen molar-refractivity contribution in [1.29, 1.82) is 0 Å². The number of benzene rings is 1. The van der Waals surface area contributed by atoms with Crippen molar-refractivity contribution >= 4 is 27.3 Å². The van der Waals surface area contributed by atoms with Crippen LogP contribution in [0.15, 0.2) is 17.0 Å².